The molecule has 16 heavy (non-hydrogen) atoms. The predicted octanol–water partition coefficient (Wildman–Crippen LogP) is 1.26. The van der Waals surface area contributed by atoms with Crippen LogP contribution in [0.5, 0.6) is 5.75 Å². The molecule has 5 nitrogen and oxygen atoms in total. The van der Waals surface area contributed by atoms with Crippen molar-refractivity contribution in [2.75, 3.05) is 25.6 Å². The minimum absolute atomic E-state index is 0.246. The van der Waals surface area contributed by atoms with E-state index in [1.165, 1.54) is 13.4 Å². The maximum Gasteiger partial charge on any atom is 0.295 e. The average molecular weight is 225 g/mol. The molecule has 0 aliphatic carbocycles. The van der Waals surface area contributed by atoms with Crippen LogP contribution in [0.1, 0.15) is 20.3 Å². The lowest BCUT2D eigenvalue weighted by atomic mass is 10.1. The van der Waals surface area contributed by atoms with Crippen LogP contribution in [0.15, 0.2) is 11.1 Å². The number of rotatable bonds is 5. The summed E-state index contributed by atoms with van der Waals surface area (Å²) in [6, 6.07) is 0. The maximum absolute atomic E-state index is 11.5. The first-order chi connectivity index (χ1) is 7.56. The lowest BCUT2D eigenvalue weighted by Gasteiger charge is -2.20. The molecule has 0 unspecified atom stereocenters. The third-order valence-electron chi connectivity index (χ3n) is 2.40. The van der Waals surface area contributed by atoms with Crippen LogP contribution in [0.25, 0.3) is 0 Å². The summed E-state index contributed by atoms with van der Waals surface area (Å²) in [5.74, 6) is 1.48. The van der Waals surface area contributed by atoms with Gasteiger partial charge < -0.3 is 14.6 Å². The quantitative estimate of drug-likeness (QED) is 0.819. The fraction of sp³-hybridized carbons (Fsp3) is 0.636. The van der Waals surface area contributed by atoms with Gasteiger partial charge >= 0.3 is 0 Å². The van der Waals surface area contributed by atoms with Crippen LogP contribution in [-0.2, 0) is 0 Å². The van der Waals surface area contributed by atoms with Gasteiger partial charge in [-0.2, -0.15) is 0 Å². The van der Waals surface area contributed by atoms with Crippen molar-refractivity contribution in [2.24, 2.45) is 5.92 Å². The second-order valence-corrected chi connectivity index (χ2v) is 4.19. The molecule has 1 heterocycles. The summed E-state index contributed by atoms with van der Waals surface area (Å²) in [5.41, 5.74) is -0.246. The van der Waals surface area contributed by atoms with Crippen molar-refractivity contribution < 1.29 is 4.74 Å². The summed E-state index contributed by atoms with van der Waals surface area (Å²) in [6.07, 6.45) is 2.44. The highest BCUT2D eigenvalue weighted by Crippen LogP contribution is 2.19. The lowest BCUT2D eigenvalue weighted by Crippen LogP contribution is -2.24. The van der Waals surface area contributed by atoms with E-state index in [-0.39, 0.29) is 11.3 Å². The Morgan fingerprint density at radius 1 is 1.56 bits per heavy atom. The second-order valence-electron chi connectivity index (χ2n) is 4.19. The minimum atomic E-state index is -0.246. The van der Waals surface area contributed by atoms with Crippen LogP contribution in [0.3, 0.4) is 0 Å². The van der Waals surface area contributed by atoms with E-state index in [2.05, 4.69) is 23.8 Å². The van der Waals surface area contributed by atoms with E-state index in [4.69, 9.17) is 4.74 Å². The van der Waals surface area contributed by atoms with E-state index in [9.17, 15) is 4.79 Å². The van der Waals surface area contributed by atoms with Crippen molar-refractivity contribution in [2.45, 2.75) is 20.3 Å². The van der Waals surface area contributed by atoms with Crippen molar-refractivity contribution in [3.05, 3.63) is 16.7 Å². The molecule has 0 amide bonds. The molecule has 0 aliphatic heterocycles. The molecule has 0 atom stereocenters. The van der Waals surface area contributed by atoms with Gasteiger partial charge in [-0.05, 0) is 12.3 Å². The first kappa shape index (κ1) is 12.5. The number of hydrogen-bond acceptors (Lipinski definition) is 4. The molecule has 5 heteroatoms. The first-order valence-corrected chi connectivity index (χ1v) is 5.39. The number of hydrogen-bond donors (Lipinski definition) is 1. The number of aromatic amines is 1. The predicted molar refractivity (Wildman–Crippen MR) is 64.1 cm³/mol. The van der Waals surface area contributed by atoms with Crippen LogP contribution < -0.4 is 15.2 Å². The number of nitrogens with one attached hydrogen (secondary N) is 1. The molecular formula is C11H19N3O2. The van der Waals surface area contributed by atoms with Crippen LogP contribution >= 0.6 is 0 Å². The molecule has 1 rings (SSSR count). The zero-order chi connectivity index (χ0) is 12.1. The van der Waals surface area contributed by atoms with Gasteiger partial charge in [0.25, 0.3) is 5.56 Å². The van der Waals surface area contributed by atoms with Gasteiger partial charge in [0, 0.05) is 13.6 Å². The Hall–Kier alpha value is -1.52. The Kier molecular flexibility index (Phi) is 4.34. The van der Waals surface area contributed by atoms with Crippen LogP contribution in [0, 0.1) is 5.92 Å². The summed E-state index contributed by atoms with van der Waals surface area (Å²) in [5, 5.41) is 0. The maximum atomic E-state index is 11.5. The van der Waals surface area contributed by atoms with Gasteiger partial charge in [-0.1, -0.05) is 13.8 Å². The Bertz CT molecular complexity index is 387. The second kappa shape index (κ2) is 5.53. The smallest absolute Gasteiger partial charge is 0.295 e. The molecule has 0 spiro atoms. The highest BCUT2D eigenvalue weighted by Gasteiger charge is 2.13. The van der Waals surface area contributed by atoms with Crippen molar-refractivity contribution in [3.8, 4) is 5.75 Å². The molecule has 90 valence electrons. The summed E-state index contributed by atoms with van der Waals surface area (Å²) in [6.45, 7) is 5.18. The van der Waals surface area contributed by atoms with E-state index in [1.54, 1.807) is 0 Å². The van der Waals surface area contributed by atoms with Crippen LogP contribution in [0.2, 0.25) is 0 Å². The van der Waals surface area contributed by atoms with Crippen molar-refractivity contribution in [1.82, 2.24) is 9.97 Å². The zero-order valence-corrected chi connectivity index (χ0v) is 10.3. The molecular weight excluding hydrogens is 206 g/mol. The highest BCUT2D eigenvalue weighted by molar-refractivity contribution is 5.49. The van der Waals surface area contributed by atoms with Gasteiger partial charge in [0.1, 0.15) is 0 Å². The highest BCUT2D eigenvalue weighted by atomic mass is 16.5. The normalized spacial score (nSPS) is 10.6. The molecule has 0 radical (unpaired) electrons. The fourth-order valence-electron chi connectivity index (χ4n) is 1.39. The molecule has 0 fully saturated rings. The largest absolute Gasteiger partial charge is 0.489 e. The number of nitrogens with zero attached hydrogens (tertiary/aromatic N) is 2. The van der Waals surface area contributed by atoms with Gasteiger partial charge in [-0.25, -0.2) is 4.98 Å². The number of methoxy groups -OCH3 is 1. The van der Waals surface area contributed by atoms with E-state index in [0.29, 0.717) is 11.7 Å². The standard InChI is InChI=1S/C11H19N3O2/c1-8(2)5-6-14(3)10-9(16-4)11(15)13-7-12-10/h7-8H,5-6H2,1-4H3,(H,12,13,15). The first-order valence-electron chi connectivity index (χ1n) is 5.39. The molecule has 1 aromatic heterocycles. The molecule has 1 aromatic rings. The molecule has 0 saturated carbocycles. The molecule has 0 aliphatic rings. The van der Waals surface area contributed by atoms with E-state index in [0.717, 1.165) is 13.0 Å². The SMILES string of the molecule is COc1c(N(C)CCC(C)C)nc[nH]c1=O. The van der Waals surface area contributed by atoms with Gasteiger partial charge in [0.15, 0.2) is 5.82 Å². The van der Waals surface area contributed by atoms with Gasteiger partial charge in [-0.15, -0.1) is 0 Å². The molecule has 0 saturated heterocycles. The molecule has 0 bridgehead atoms. The van der Waals surface area contributed by atoms with Crippen LogP contribution in [0.4, 0.5) is 5.82 Å². The van der Waals surface area contributed by atoms with Gasteiger partial charge in [-0.3, -0.25) is 4.79 Å². The molecule has 1 N–H and O–H groups in total. The van der Waals surface area contributed by atoms with Gasteiger partial charge in [0.05, 0.1) is 13.4 Å². The third-order valence-corrected chi connectivity index (χ3v) is 2.40. The van der Waals surface area contributed by atoms with E-state index < -0.39 is 0 Å². The summed E-state index contributed by atoms with van der Waals surface area (Å²) >= 11 is 0. The Morgan fingerprint density at radius 3 is 2.81 bits per heavy atom. The molecule has 0 aromatic carbocycles. The van der Waals surface area contributed by atoms with Crippen molar-refractivity contribution in [3.63, 3.8) is 0 Å². The summed E-state index contributed by atoms with van der Waals surface area (Å²) in [4.78, 5) is 20.0. The fourth-order valence-corrected chi connectivity index (χ4v) is 1.39. The number of anilines is 1. The average Bonchev–Trinajstić information content (AvgIpc) is 2.25. The number of H-pyrrole nitrogens is 1. The Balaban J connectivity index is 2.86. The topological polar surface area (TPSA) is 58.2 Å². The summed E-state index contributed by atoms with van der Waals surface area (Å²) in [7, 11) is 3.39. The van der Waals surface area contributed by atoms with Crippen LogP contribution in [-0.4, -0.2) is 30.7 Å². The third kappa shape index (κ3) is 2.98. The van der Waals surface area contributed by atoms with Crippen molar-refractivity contribution >= 4 is 5.82 Å². The Morgan fingerprint density at radius 2 is 2.25 bits per heavy atom. The van der Waals surface area contributed by atoms with E-state index >= 15 is 0 Å². The Labute approximate surface area is 95.5 Å². The van der Waals surface area contributed by atoms with Crippen molar-refractivity contribution in [1.29, 1.82) is 0 Å². The lowest BCUT2D eigenvalue weighted by molar-refractivity contribution is 0.405. The summed E-state index contributed by atoms with van der Waals surface area (Å²) < 4.78 is 5.06. The monoisotopic (exact) mass is 225 g/mol. The van der Waals surface area contributed by atoms with E-state index in [1.807, 2.05) is 11.9 Å². The number of ether oxygens (including phenoxy) is 1. The minimum Gasteiger partial charge on any atom is -0.489 e. The number of aromatic nitrogens is 2. The van der Waals surface area contributed by atoms with Gasteiger partial charge in [0.2, 0.25) is 5.75 Å². The zero-order valence-electron chi connectivity index (χ0n) is 10.3.